The molecular weight excluding hydrogens is 312 g/mol. The summed E-state index contributed by atoms with van der Waals surface area (Å²) in [6.07, 6.45) is 1.71. The second-order valence-electron chi connectivity index (χ2n) is 5.97. The molecule has 0 bridgehead atoms. The molecule has 1 amide bonds. The van der Waals surface area contributed by atoms with Gasteiger partial charge in [-0.2, -0.15) is 5.10 Å². The van der Waals surface area contributed by atoms with Crippen molar-refractivity contribution in [1.29, 1.82) is 0 Å². The van der Waals surface area contributed by atoms with Gasteiger partial charge in [0.05, 0.1) is 16.6 Å². The first-order chi connectivity index (χ1) is 11.0. The molecule has 1 aliphatic rings. The van der Waals surface area contributed by atoms with Crippen LogP contribution in [0.15, 0.2) is 36.5 Å². The normalized spacial score (nSPS) is 17.5. The number of fused-ring (bicyclic) bond motifs is 2. The van der Waals surface area contributed by atoms with Gasteiger partial charge in [0.2, 0.25) is 0 Å². The SMILES string of the molecule is Cc1ccc2n1CCN(C(=O)c1cc3ccc(Cl)cn3n1)C2C. The van der Waals surface area contributed by atoms with E-state index in [-0.39, 0.29) is 11.9 Å². The average Bonchev–Trinajstić information content (AvgIpc) is 3.11. The zero-order valence-electron chi connectivity index (χ0n) is 13.0. The Hall–Kier alpha value is -2.27. The van der Waals surface area contributed by atoms with Crippen LogP contribution in [-0.4, -0.2) is 31.5 Å². The fraction of sp³-hybridized carbons (Fsp3) is 0.294. The second-order valence-corrected chi connectivity index (χ2v) is 6.41. The van der Waals surface area contributed by atoms with Crippen LogP contribution in [0.2, 0.25) is 5.02 Å². The molecule has 0 aromatic carbocycles. The minimum Gasteiger partial charge on any atom is -0.345 e. The number of carbonyl (C=O) groups excluding carboxylic acids is 1. The van der Waals surface area contributed by atoms with Crippen LogP contribution in [0.3, 0.4) is 0 Å². The van der Waals surface area contributed by atoms with Gasteiger partial charge in [0.25, 0.3) is 5.91 Å². The summed E-state index contributed by atoms with van der Waals surface area (Å²) in [6.45, 7) is 5.68. The number of rotatable bonds is 1. The Morgan fingerprint density at radius 2 is 2.09 bits per heavy atom. The molecule has 3 aromatic rings. The van der Waals surface area contributed by atoms with Crippen LogP contribution in [0.5, 0.6) is 0 Å². The first kappa shape index (κ1) is 14.3. The molecule has 6 heteroatoms. The van der Waals surface area contributed by atoms with Gasteiger partial charge in [-0.15, -0.1) is 0 Å². The number of halogens is 1. The molecule has 1 unspecified atom stereocenters. The predicted octanol–water partition coefficient (Wildman–Crippen LogP) is 3.31. The minimum atomic E-state index is -0.0394. The van der Waals surface area contributed by atoms with Crippen molar-refractivity contribution < 1.29 is 4.79 Å². The summed E-state index contributed by atoms with van der Waals surface area (Å²) in [5.41, 5.74) is 3.73. The molecule has 0 saturated carbocycles. The molecule has 118 valence electrons. The summed E-state index contributed by atoms with van der Waals surface area (Å²) in [5, 5.41) is 4.98. The van der Waals surface area contributed by atoms with Gasteiger partial charge in [0.1, 0.15) is 0 Å². The lowest BCUT2D eigenvalue weighted by Crippen LogP contribution is -2.41. The summed E-state index contributed by atoms with van der Waals surface area (Å²) in [5.74, 6) is -0.0394. The van der Waals surface area contributed by atoms with Gasteiger partial charge in [-0.25, -0.2) is 4.52 Å². The third-order valence-corrected chi connectivity index (χ3v) is 4.82. The lowest BCUT2D eigenvalue weighted by molar-refractivity contribution is 0.0636. The Bertz CT molecular complexity index is 911. The van der Waals surface area contributed by atoms with E-state index < -0.39 is 0 Å². The smallest absolute Gasteiger partial charge is 0.275 e. The molecular formula is C17H17ClN4O. The van der Waals surface area contributed by atoms with Crippen molar-refractivity contribution in [3.8, 4) is 0 Å². The number of nitrogens with zero attached hydrogens (tertiary/aromatic N) is 4. The second kappa shape index (κ2) is 5.13. The number of aryl methyl sites for hydroxylation is 1. The zero-order chi connectivity index (χ0) is 16.1. The maximum absolute atomic E-state index is 12.9. The van der Waals surface area contributed by atoms with Gasteiger partial charge in [0, 0.05) is 30.7 Å². The minimum absolute atomic E-state index is 0.0394. The molecule has 1 aliphatic heterocycles. The predicted molar refractivity (Wildman–Crippen MR) is 88.8 cm³/mol. The van der Waals surface area contributed by atoms with E-state index in [4.69, 9.17) is 11.6 Å². The van der Waals surface area contributed by atoms with Crippen LogP contribution in [0.25, 0.3) is 5.52 Å². The molecule has 5 nitrogen and oxygen atoms in total. The summed E-state index contributed by atoms with van der Waals surface area (Å²) >= 11 is 5.98. The Morgan fingerprint density at radius 3 is 2.91 bits per heavy atom. The zero-order valence-corrected chi connectivity index (χ0v) is 13.8. The van der Waals surface area contributed by atoms with Gasteiger partial charge < -0.3 is 9.47 Å². The van der Waals surface area contributed by atoms with Gasteiger partial charge in [-0.1, -0.05) is 11.6 Å². The van der Waals surface area contributed by atoms with E-state index in [0.717, 1.165) is 12.1 Å². The molecule has 0 fully saturated rings. The molecule has 0 spiro atoms. The lowest BCUT2D eigenvalue weighted by atomic mass is 10.1. The number of pyridine rings is 1. The summed E-state index contributed by atoms with van der Waals surface area (Å²) in [7, 11) is 0. The van der Waals surface area contributed by atoms with Gasteiger partial charge in [0.15, 0.2) is 5.69 Å². The van der Waals surface area contributed by atoms with Crippen molar-refractivity contribution in [2.45, 2.75) is 26.4 Å². The van der Waals surface area contributed by atoms with Gasteiger partial charge in [-0.05, 0) is 44.2 Å². The highest BCUT2D eigenvalue weighted by Crippen LogP contribution is 2.28. The van der Waals surface area contributed by atoms with Gasteiger partial charge in [-0.3, -0.25) is 4.79 Å². The third kappa shape index (κ3) is 2.23. The van der Waals surface area contributed by atoms with E-state index in [9.17, 15) is 4.79 Å². The van der Waals surface area contributed by atoms with Crippen LogP contribution in [0.4, 0.5) is 0 Å². The lowest BCUT2D eigenvalue weighted by Gasteiger charge is -2.35. The Kier molecular flexibility index (Phi) is 3.20. The topological polar surface area (TPSA) is 42.5 Å². The van der Waals surface area contributed by atoms with Crippen LogP contribution in [0, 0.1) is 6.92 Å². The van der Waals surface area contributed by atoms with Gasteiger partial charge >= 0.3 is 0 Å². The first-order valence-corrected chi connectivity index (χ1v) is 8.04. The standard InChI is InChI=1S/C17H17ClN4O/c1-11-3-6-16-12(2)21(8-7-20(11)16)17(23)15-9-14-5-4-13(18)10-22(14)19-15/h3-6,9-10,12H,7-8H2,1-2H3. The number of amides is 1. The van der Waals surface area contributed by atoms with E-state index >= 15 is 0 Å². The maximum atomic E-state index is 12.9. The van der Waals surface area contributed by atoms with E-state index in [1.165, 1.54) is 11.4 Å². The van der Waals surface area contributed by atoms with Crippen molar-refractivity contribution in [2.75, 3.05) is 6.54 Å². The molecule has 0 radical (unpaired) electrons. The van der Waals surface area contributed by atoms with Crippen molar-refractivity contribution in [3.05, 3.63) is 58.6 Å². The van der Waals surface area contributed by atoms with Crippen LogP contribution in [0.1, 0.15) is 34.8 Å². The molecule has 0 aliphatic carbocycles. The highest BCUT2D eigenvalue weighted by Gasteiger charge is 2.30. The molecule has 0 saturated heterocycles. The molecule has 3 aromatic heterocycles. The molecule has 23 heavy (non-hydrogen) atoms. The molecule has 1 atom stereocenters. The quantitative estimate of drug-likeness (QED) is 0.687. The molecule has 0 N–H and O–H groups in total. The maximum Gasteiger partial charge on any atom is 0.275 e. The average molecular weight is 329 g/mol. The number of hydrogen-bond donors (Lipinski definition) is 0. The van der Waals surface area contributed by atoms with E-state index in [2.05, 4.69) is 35.6 Å². The Balaban J connectivity index is 1.68. The number of hydrogen-bond acceptors (Lipinski definition) is 2. The van der Waals surface area contributed by atoms with Crippen LogP contribution in [-0.2, 0) is 6.54 Å². The highest BCUT2D eigenvalue weighted by molar-refractivity contribution is 6.30. The van der Waals surface area contributed by atoms with Crippen LogP contribution >= 0.6 is 11.6 Å². The van der Waals surface area contributed by atoms with Crippen molar-refractivity contribution >= 4 is 23.0 Å². The Morgan fingerprint density at radius 1 is 1.26 bits per heavy atom. The number of aromatic nitrogens is 3. The molecule has 4 heterocycles. The largest absolute Gasteiger partial charge is 0.345 e. The van der Waals surface area contributed by atoms with Crippen LogP contribution < -0.4 is 0 Å². The Labute approximate surface area is 139 Å². The van der Waals surface area contributed by atoms with E-state index in [1.54, 1.807) is 16.8 Å². The first-order valence-electron chi connectivity index (χ1n) is 7.66. The third-order valence-electron chi connectivity index (χ3n) is 4.60. The highest BCUT2D eigenvalue weighted by atomic mass is 35.5. The fourth-order valence-corrected chi connectivity index (χ4v) is 3.47. The van der Waals surface area contributed by atoms with Crippen molar-refractivity contribution in [1.82, 2.24) is 19.1 Å². The van der Waals surface area contributed by atoms with E-state index in [1.807, 2.05) is 17.0 Å². The summed E-state index contributed by atoms with van der Waals surface area (Å²) < 4.78 is 3.93. The molecule has 4 rings (SSSR count). The number of carbonyl (C=O) groups is 1. The van der Waals surface area contributed by atoms with Crippen molar-refractivity contribution in [2.24, 2.45) is 0 Å². The van der Waals surface area contributed by atoms with E-state index in [0.29, 0.717) is 17.3 Å². The summed E-state index contributed by atoms with van der Waals surface area (Å²) in [6, 6.07) is 9.71. The fourth-order valence-electron chi connectivity index (χ4n) is 3.31. The van der Waals surface area contributed by atoms with Crippen molar-refractivity contribution in [3.63, 3.8) is 0 Å². The summed E-state index contributed by atoms with van der Waals surface area (Å²) in [4.78, 5) is 14.8. The monoisotopic (exact) mass is 328 g/mol.